The highest BCUT2D eigenvalue weighted by molar-refractivity contribution is 6.30. The van der Waals surface area contributed by atoms with E-state index in [1.54, 1.807) is 17.0 Å². The number of nitrogens with zero attached hydrogens (tertiary/aromatic N) is 2. The number of rotatable bonds is 4. The van der Waals surface area contributed by atoms with Crippen molar-refractivity contribution in [3.8, 4) is 11.5 Å². The van der Waals surface area contributed by atoms with Crippen LogP contribution >= 0.6 is 11.6 Å². The Kier molecular flexibility index (Phi) is 5.46. The molecule has 1 aliphatic heterocycles. The first-order chi connectivity index (χ1) is 12.1. The monoisotopic (exact) mass is 360 g/mol. The minimum Gasteiger partial charge on any atom is -0.507 e. The van der Waals surface area contributed by atoms with Gasteiger partial charge in [-0.25, -0.2) is 0 Å². The number of aromatic hydroxyl groups is 1. The molecule has 0 unspecified atom stereocenters. The number of ether oxygens (including phenoxy) is 1. The van der Waals surface area contributed by atoms with Crippen LogP contribution in [0.2, 0.25) is 5.02 Å². The first-order valence-electron chi connectivity index (χ1n) is 8.20. The zero-order chi connectivity index (χ0) is 17.8. The molecule has 1 N–H and O–H groups in total. The Balaban J connectivity index is 1.58. The van der Waals surface area contributed by atoms with Gasteiger partial charge < -0.3 is 14.7 Å². The number of benzene rings is 2. The topological polar surface area (TPSA) is 53.0 Å². The molecule has 1 heterocycles. The lowest BCUT2D eigenvalue weighted by Crippen LogP contribution is -2.48. The summed E-state index contributed by atoms with van der Waals surface area (Å²) in [7, 11) is 1.52. The standard InChI is InChI=1S/C19H21ClN2O3/c1-25-16-6-7-17(18(23)12-16)19(24)22-10-8-21(9-11-22)13-14-2-4-15(20)5-3-14/h2-7,12,23H,8-11,13H2,1H3. The van der Waals surface area contributed by atoms with E-state index < -0.39 is 0 Å². The molecule has 1 amide bonds. The second-order valence-corrected chi connectivity index (χ2v) is 6.51. The zero-order valence-corrected chi connectivity index (χ0v) is 14.9. The SMILES string of the molecule is COc1ccc(C(=O)N2CCN(Cc3ccc(Cl)cc3)CC2)c(O)c1. The smallest absolute Gasteiger partial charge is 0.257 e. The molecule has 3 rings (SSSR count). The zero-order valence-electron chi connectivity index (χ0n) is 14.1. The predicted molar refractivity (Wildman–Crippen MR) is 97.3 cm³/mol. The summed E-state index contributed by atoms with van der Waals surface area (Å²) >= 11 is 5.91. The fourth-order valence-corrected chi connectivity index (χ4v) is 3.07. The summed E-state index contributed by atoms with van der Waals surface area (Å²) in [6.45, 7) is 3.71. The Morgan fingerprint density at radius 2 is 1.80 bits per heavy atom. The average Bonchev–Trinajstić information content (AvgIpc) is 2.63. The van der Waals surface area contributed by atoms with Gasteiger partial charge in [0.25, 0.3) is 5.91 Å². The Morgan fingerprint density at radius 3 is 2.40 bits per heavy atom. The molecular formula is C19H21ClN2O3. The number of halogens is 1. The van der Waals surface area contributed by atoms with Gasteiger partial charge in [0.1, 0.15) is 11.5 Å². The van der Waals surface area contributed by atoms with E-state index in [0.29, 0.717) is 24.4 Å². The van der Waals surface area contributed by atoms with Gasteiger partial charge in [-0.05, 0) is 29.8 Å². The number of hydrogen-bond donors (Lipinski definition) is 1. The highest BCUT2D eigenvalue weighted by atomic mass is 35.5. The minimum atomic E-state index is -0.147. The molecule has 0 atom stereocenters. The Morgan fingerprint density at radius 1 is 1.12 bits per heavy atom. The molecule has 0 bridgehead atoms. The van der Waals surface area contributed by atoms with Gasteiger partial charge in [0.15, 0.2) is 0 Å². The van der Waals surface area contributed by atoms with Crippen molar-refractivity contribution in [1.29, 1.82) is 0 Å². The molecule has 5 nitrogen and oxygen atoms in total. The lowest BCUT2D eigenvalue weighted by atomic mass is 10.1. The van der Waals surface area contributed by atoms with Crippen LogP contribution in [0, 0.1) is 0 Å². The second-order valence-electron chi connectivity index (χ2n) is 6.08. The van der Waals surface area contributed by atoms with Gasteiger partial charge in [-0.2, -0.15) is 0 Å². The van der Waals surface area contributed by atoms with E-state index in [1.807, 2.05) is 24.3 Å². The van der Waals surface area contributed by atoms with Crippen LogP contribution in [0.4, 0.5) is 0 Å². The molecule has 0 aliphatic carbocycles. The van der Waals surface area contributed by atoms with Crippen LogP contribution in [0.3, 0.4) is 0 Å². The van der Waals surface area contributed by atoms with Crippen LogP contribution in [-0.2, 0) is 6.54 Å². The summed E-state index contributed by atoms with van der Waals surface area (Å²) < 4.78 is 5.05. The van der Waals surface area contributed by atoms with E-state index in [0.717, 1.165) is 24.7 Å². The van der Waals surface area contributed by atoms with Gasteiger partial charge in [0.2, 0.25) is 0 Å². The third-order valence-corrected chi connectivity index (χ3v) is 4.67. The quantitative estimate of drug-likeness (QED) is 0.910. The van der Waals surface area contributed by atoms with E-state index in [1.165, 1.54) is 18.7 Å². The normalized spacial score (nSPS) is 15.2. The maximum atomic E-state index is 12.6. The highest BCUT2D eigenvalue weighted by Crippen LogP contribution is 2.25. The van der Waals surface area contributed by atoms with Gasteiger partial charge in [-0.3, -0.25) is 9.69 Å². The van der Waals surface area contributed by atoms with Crippen molar-refractivity contribution < 1.29 is 14.6 Å². The van der Waals surface area contributed by atoms with E-state index in [4.69, 9.17) is 16.3 Å². The summed E-state index contributed by atoms with van der Waals surface area (Å²) in [5.74, 6) is 0.334. The molecule has 2 aromatic rings. The summed E-state index contributed by atoms with van der Waals surface area (Å²) in [4.78, 5) is 16.7. The Labute approximate surface area is 152 Å². The molecule has 1 aliphatic rings. The minimum absolute atomic E-state index is 0.0482. The Bertz CT molecular complexity index is 741. The molecular weight excluding hydrogens is 340 g/mol. The number of phenolic OH excluding ortho intramolecular Hbond substituents is 1. The lowest BCUT2D eigenvalue weighted by molar-refractivity contribution is 0.0625. The van der Waals surface area contributed by atoms with E-state index in [9.17, 15) is 9.90 Å². The summed E-state index contributed by atoms with van der Waals surface area (Å²) in [5.41, 5.74) is 1.52. The predicted octanol–water partition coefficient (Wildman–Crippen LogP) is 3.01. The van der Waals surface area contributed by atoms with E-state index in [2.05, 4.69) is 4.90 Å². The van der Waals surface area contributed by atoms with E-state index >= 15 is 0 Å². The van der Waals surface area contributed by atoms with Crippen LogP contribution in [0.25, 0.3) is 0 Å². The second kappa shape index (κ2) is 7.76. The maximum Gasteiger partial charge on any atom is 0.257 e. The molecule has 0 radical (unpaired) electrons. The molecule has 0 aromatic heterocycles. The van der Waals surface area contributed by atoms with Crippen molar-refractivity contribution in [1.82, 2.24) is 9.80 Å². The maximum absolute atomic E-state index is 12.6. The first kappa shape index (κ1) is 17.6. The van der Waals surface area contributed by atoms with Crippen LogP contribution < -0.4 is 4.74 Å². The number of amides is 1. The number of carbonyl (C=O) groups excluding carboxylic acids is 1. The highest BCUT2D eigenvalue weighted by Gasteiger charge is 2.24. The lowest BCUT2D eigenvalue weighted by Gasteiger charge is -2.35. The number of carbonyl (C=O) groups is 1. The number of hydrogen-bond acceptors (Lipinski definition) is 4. The molecule has 0 saturated carbocycles. The summed E-state index contributed by atoms with van der Waals surface area (Å²) in [6, 6.07) is 12.6. The van der Waals surface area contributed by atoms with E-state index in [-0.39, 0.29) is 11.7 Å². The fraction of sp³-hybridized carbons (Fsp3) is 0.316. The van der Waals surface area contributed by atoms with Crippen LogP contribution in [0.5, 0.6) is 11.5 Å². The van der Waals surface area contributed by atoms with Gasteiger partial charge >= 0.3 is 0 Å². The van der Waals surface area contributed by atoms with Gasteiger partial charge in [0, 0.05) is 43.8 Å². The summed E-state index contributed by atoms with van der Waals surface area (Å²) in [6.07, 6.45) is 0. The van der Waals surface area contributed by atoms with Crippen LogP contribution in [0.15, 0.2) is 42.5 Å². The molecule has 2 aromatic carbocycles. The molecule has 132 valence electrons. The third-order valence-electron chi connectivity index (χ3n) is 4.41. The van der Waals surface area contributed by atoms with Crippen molar-refractivity contribution in [3.63, 3.8) is 0 Å². The molecule has 25 heavy (non-hydrogen) atoms. The molecule has 0 spiro atoms. The van der Waals surface area contributed by atoms with Gasteiger partial charge in [-0.15, -0.1) is 0 Å². The van der Waals surface area contributed by atoms with Crippen LogP contribution in [0.1, 0.15) is 15.9 Å². The number of methoxy groups -OCH3 is 1. The van der Waals surface area contributed by atoms with Crippen molar-refractivity contribution in [2.45, 2.75) is 6.54 Å². The Hall–Kier alpha value is -2.24. The third kappa shape index (κ3) is 4.24. The van der Waals surface area contributed by atoms with Gasteiger partial charge in [-0.1, -0.05) is 23.7 Å². The fourth-order valence-electron chi connectivity index (χ4n) is 2.95. The number of piperazine rings is 1. The largest absolute Gasteiger partial charge is 0.507 e. The molecule has 6 heteroatoms. The van der Waals surface area contributed by atoms with Crippen molar-refractivity contribution in [2.75, 3.05) is 33.3 Å². The first-order valence-corrected chi connectivity index (χ1v) is 8.57. The van der Waals surface area contributed by atoms with Crippen molar-refractivity contribution in [2.24, 2.45) is 0 Å². The van der Waals surface area contributed by atoms with Crippen LogP contribution in [-0.4, -0.2) is 54.1 Å². The number of phenols is 1. The summed E-state index contributed by atoms with van der Waals surface area (Å²) in [5, 5.41) is 10.8. The van der Waals surface area contributed by atoms with Crippen molar-refractivity contribution >= 4 is 17.5 Å². The average molecular weight is 361 g/mol. The van der Waals surface area contributed by atoms with Gasteiger partial charge in [0.05, 0.1) is 12.7 Å². The molecule has 1 fully saturated rings. The molecule has 1 saturated heterocycles. The van der Waals surface area contributed by atoms with Crippen molar-refractivity contribution in [3.05, 3.63) is 58.6 Å².